The fourth-order valence-corrected chi connectivity index (χ4v) is 8.71. The van der Waals surface area contributed by atoms with E-state index < -0.39 is 5.54 Å². The average molecular weight is 743 g/mol. The molecular formula is C56H42N2. The maximum absolute atomic E-state index is 2.54. The molecule has 1 aliphatic rings. The van der Waals surface area contributed by atoms with Gasteiger partial charge in [-0.3, -0.25) is 0 Å². The Labute approximate surface area is 340 Å². The molecule has 0 radical (unpaired) electrons. The molecule has 0 fully saturated rings. The van der Waals surface area contributed by atoms with Crippen molar-refractivity contribution < 1.29 is 0 Å². The molecule has 0 aromatic heterocycles. The van der Waals surface area contributed by atoms with Gasteiger partial charge in [0.15, 0.2) is 0 Å². The number of anilines is 5. The molecule has 0 bridgehead atoms. The highest BCUT2D eigenvalue weighted by Gasteiger charge is 2.39. The lowest BCUT2D eigenvalue weighted by molar-refractivity contribution is 0.549. The van der Waals surface area contributed by atoms with Gasteiger partial charge in [-0.15, -0.1) is 0 Å². The van der Waals surface area contributed by atoms with Crippen LogP contribution in [0.25, 0.3) is 38.2 Å². The Morgan fingerprint density at radius 3 is 1.43 bits per heavy atom. The minimum Gasteiger partial charge on any atom is -0.327 e. The highest BCUT2D eigenvalue weighted by atomic mass is 15.2. The summed E-state index contributed by atoms with van der Waals surface area (Å²) in [5.41, 5.74) is 11.4. The Balaban J connectivity index is 0.973. The average Bonchev–Trinajstić information content (AvgIpc) is 3.31. The van der Waals surface area contributed by atoms with Gasteiger partial charge in [0.25, 0.3) is 0 Å². The van der Waals surface area contributed by atoms with E-state index in [0.717, 1.165) is 29.2 Å². The number of rotatable bonds is 9. The van der Waals surface area contributed by atoms with Crippen LogP contribution < -0.4 is 9.80 Å². The molecule has 2 heteroatoms. The lowest BCUT2D eigenvalue weighted by atomic mass is 9.78. The quantitative estimate of drug-likeness (QED) is 0.145. The second-order valence-electron chi connectivity index (χ2n) is 14.9. The van der Waals surface area contributed by atoms with Crippen molar-refractivity contribution in [2.75, 3.05) is 9.80 Å². The molecule has 58 heavy (non-hydrogen) atoms. The van der Waals surface area contributed by atoms with Crippen LogP contribution in [0.1, 0.15) is 17.5 Å². The van der Waals surface area contributed by atoms with E-state index in [1.54, 1.807) is 0 Å². The molecule has 0 aliphatic heterocycles. The molecule has 1 aliphatic carbocycles. The van der Waals surface area contributed by atoms with Crippen molar-refractivity contribution in [1.29, 1.82) is 0 Å². The van der Waals surface area contributed by atoms with Crippen LogP contribution in [0, 0.1) is 0 Å². The van der Waals surface area contributed by atoms with Gasteiger partial charge in [0.2, 0.25) is 0 Å². The van der Waals surface area contributed by atoms with Crippen molar-refractivity contribution in [3.05, 3.63) is 254 Å². The van der Waals surface area contributed by atoms with Crippen molar-refractivity contribution >= 4 is 55.6 Å². The van der Waals surface area contributed by atoms with E-state index in [1.165, 1.54) is 55.1 Å². The van der Waals surface area contributed by atoms with Crippen LogP contribution in [0.15, 0.2) is 243 Å². The molecule has 1 unspecified atom stereocenters. The first-order valence-electron chi connectivity index (χ1n) is 20.1. The smallest absolute Gasteiger partial charge is 0.0924 e. The Kier molecular flexibility index (Phi) is 9.21. The van der Waals surface area contributed by atoms with Gasteiger partial charge in [0, 0.05) is 27.8 Å². The number of fused-ring (bicyclic) bond motifs is 2. The molecule has 10 rings (SSSR count). The van der Waals surface area contributed by atoms with Gasteiger partial charge in [0.1, 0.15) is 0 Å². The predicted molar refractivity (Wildman–Crippen MR) is 246 cm³/mol. The van der Waals surface area contributed by atoms with Crippen LogP contribution in [0.3, 0.4) is 0 Å². The topological polar surface area (TPSA) is 6.48 Å². The third kappa shape index (κ3) is 6.45. The van der Waals surface area contributed by atoms with Gasteiger partial charge in [-0.25, -0.2) is 0 Å². The minimum atomic E-state index is -0.447. The highest BCUT2D eigenvalue weighted by molar-refractivity contribution is 5.99. The van der Waals surface area contributed by atoms with Crippen LogP contribution in [-0.4, -0.2) is 0 Å². The summed E-state index contributed by atoms with van der Waals surface area (Å²) in [5.74, 6) is 0. The van der Waals surface area contributed by atoms with Crippen LogP contribution in [0.4, 0.5) is 28.4 Å². The summed E-state index contributed by atoms with van der Waals surface area (Å²) in [6.45, 7) is 0. The van der Waals surface area contributed by atoms with Crippen LogP contribution >= 0.6 is 0 Å². The number of hydrogen-bond acceptors (Lipinski definition) is 2. The molecule has 9 aromatic rings. The summed E-state index contributed by atoms with van der Waals surface area (Å²) in [6.07, 6.45) is 7.97. The summed E-state index contributed by atoms with van der Waals surface area (Å²) in [6, 6.07) is 80.9. The van der Waals surface area contributed by atoms with Gasteiger partial charge in [-0.1, -0.05) is 194 Å². The second kappa shape index (κ2) is 15.3. The van der Waals surface area contributed by atoms with Crippen molar-refractivity contribution in [3.8, 4) is 11.1 Å². The number of hydrogen-bond donors (Lipinski definition) is 0. The van der Waals surface area contributed by atoms with Crippen molar-refractivity contribution in [1.82, 2.24) is 0 Å². The molecule has 0 N–H and O–H groups in total. The van der Waals surface area contributed by atoms with E-state index in [0.29, 0.717) is 0 Å². The molecule has 0 saturated heterocycles. The Morgan fingerprint density at radius 1 is 0.362 bits per heavy atom. The zero-order valence-corrected chi connectivity index (χ0v) is 32.2. The molecule has 0 heterocycles. The van der Waals surface area contributed by atoms with Gasteiger partial charge in [0.05, 0.1) is 16.9 Å². The number of para-hydroxylation sites is 2. The Bertz CT molecular complexity index is 2890. The Morgan fingerprint density at radius 2 is 0.828 bits per heavy atom. The predicted octanol–water partition coefficient (Wildman–Crippen LogP) is 15.2. The van der Waals surface area contributed by atoms with Crippen molar-refractivity contribution in [2.24, 2.45) is 0 Å². The van der Waals surface area contributed by atoms with Crippen molar-refractivity contribution in [3.63, 3.8) is 0 Å². The largest absolute Gasteiger partial charge is 0.327 e. The monoisotopic (exact) mass is 742 g/mol. The molecule has 9 aromatic carbocycles. The maximum Gasteiger partial charge on any atom is 0.0924 e. The zero-order chi connectivity index (χ0) is 38.7. The van der Waals surface area contributed by atoms with E-state index in [2.05, 4.69) is 252 Å². The lowest BCUT2D eigenvalue weighted by Gasteiger charge is -2.45. The molecule has 0 amide bonds. The summed E-state index contributed by atoms with van der Waals surface area (Å²) in [5, 5.41) is 4.91. The van der Waals surface area contributed by atoms with E-state index >= 15 is 0 Å². The molecule has 276 valence electrons. The third-order valence-electron chi connectivity index (χ3n) is 11.6. The highest BCUT2D eigenvalue weighted by Crippen LogP contribution is 2.48. The minimum absolute atomic E-state index is 0.447. The molecule has 1 atom stereocenters. The number of benzene rings is 9. The van der Waals surface area contributed by atoms with E-state index in [-0.39, 0.29) is 0 Å². The fraction of sp³-hybridized carbons (Fsp3) is 0.0357. The molecule has 2 nitrogen and oxygen atoms in total. The van der Waals surface area contributed by atoms with Gasteiger partial charge in [-0.05, 0) is 93.6 Å². The van der Waals surface area contributed by atoms with Crippen LogP contribution in [0.5, 0.6) is 0 Å². The van der Waals surface area contributed by atoms with Gasteiger partial charge in [-0.2, -0.15) is 0 Å². The van der Waals surface area contributed by atoms with Crippen LogP contribution in [-0.2, 0) is 5.54 Å². The van der Waals surface area contributed by atoms with E-state index in [4.69, 9.17) is 0 Å². The molecule has 0 saturated carbocycles. The van der Waals surface area contributed by atoms with Gasteiger partial charge < -0.3 is 9.80 Å². The standard InChI is InChI=1S/C56H42N2/c1-4-20-48(21-5-1)56(58(51-24-8-3-9-25-51)55-29-15-19-47-17-11-13-27-53(47)55)40-38-45(39-41-56)43-32-30-42(31-33-43)44-34-36-50(37-35-44)57(49-22-6-2-7-23-49)54-28-14-18-46-16-10-12-26-52(46)54/h1-40H,41H2. The first kappa shape index (κ1) is 35.0. The molecule has 0 spiro atoms. The number of allylic oxidation sites excluding steroid dienone is 2. The summed E-state index contributed by atoms with van der Waals surface area (Å²) < 4.78 is 0. The van der Waals surface area contributed by atoms with Gasteiger partial charge >= 0.3 is 0 Å². The third-order valence-corrected chi connectivity index (χ3v) is 11.6. The van der Waals surface area contributed by atoms with E-state index in [1.807, 2.05) is 0 Å². The summed E-state index contributed by atoms with van der Waals surface area (Å²) in [7, 11) is 0. The van der Waals surface area contributed by atoms with E-state index in [9.17, 15) is 0 Å². The van der Waals surface area contributed by atoms with Crippen molar-refractivity contribution in [2.45, 2.75) is 12.0 Å². The second-order valence-corrected chi connectivity index (χ2v) is 14.9. The van der Waals surface area contributed by atoms with Crippen LogP contribution in [0.2, 0.25) is 0 Å². The first-order valence-corrected chi connectivity index (χ1v) is 20.1. The summed E-state index contributed by atoms with van der Waals surface area (Å²) >= 11 is 0. The Hall–Kier alpha value is -7.42. The lowest BCUT2D eigenvalue weighted by Crippen LogP contribution is -2.42. The molecular weight excluding hydrogens is 701 g/mol. The normalized spacial score (nSPS) is 14.9. The fourth-order valence-electron chi connectivity index (χ4n) is 8.71. The SMILES string of the molecule is C1=CC(c2ccccc2)(N(c2ccccc2)c2cccc3ccccc23)CC=C1c1ccc(-c2ccc(N(c3ccccc3)c3cccc4ccccc34)cc2)cc1. The zero-order valence-electron chi connectivity index (χ0n) is 32.2. The first-order chi connectivity index (χ1) is 28.7. The summed E-state index contributed by atoms with van der Waals surface area (Å²) in [4.78, 5) is 4.90. The number of nitrogens with zero attached hydrogens (tertiary/aromatic N) is 2. The maximum atomic E-state index is 2.54.